The lowest BCUT2D eigenvalue weighted by atomic mass is 10.1. The van der Waals surface area contributed by atoms with E-state index in [4.69, 9.17) is 0 Å². The maximum atomic E-state index is 12.8. The van der Waals surface area contributed by atoms with Crippen LogP contribution in [0.25, 0.3) is 5.69 Å². The van der Waals surface area contributed by atoms with Crippen LogP contribution in [0.2, 0.25) is 0 Å². The molecular weight excluding hydrogens is 247 g/mol. The van der Waals surface area contributed by atoms with Crippen LogP contribution < -0.4 is 0 Å². The minimum Gasteiger partial charge on any atom is -0.387 e. The molecule has 18 heavy (non-hydrogen) atoms. The van der Waals surface area contributed by atoms with Crippen molar-refractivity contribution in [2.45, 2.75) is 19.2 Å². The molecule has 0 aliphatic rings. The van der Waals surface area contributed by atoms with Crippen LogP contribution in [0.1, 0.15) is 24.3 Å². The molecule has 2 rings (SSSR count). The van der Waals surface area contributed by atoms with Gasteiger partial charge in [0.1, 0.15) is 0 Å². The van der Waals surface area contributed by atoms with Crippen molar-refractivity contribution in [1.29, 1.82) is 0 Å². The van der Waals surface area contributed by atoms with Crippen molar-refractivity contribution < 1.29 is 18.3 Å². The highest BCUT2D eigenvalue weighted by molar-refractivity contribution is 5.43. The number of aliphatic hydroxyl groups is 1. The SMILES string of the molecule is CC(O)c1cnnn1-c1ccccc1C(F)(F)F. The van der Waals surface area contributed by atoms with Crippen molar-refractivity contribution in [3.8, 4) is 5.69 Å². The topological polar surface area (TPSA) is 50.9 Å². The first-order chi connectivity index (χ1) is 8.41. The highest BCUT2D eigenvalue weighted by Crippen LogP contribution is 2.34. The molecule has 2 aromatic rings. The number of rotatable bonds is 2. The summed E-state index contributed by atoms with van der Waals surface area (Å²) < 4.78 is 39.5. The van der Waals surface area contributed by atoms with Gasteiger partial charge in [0.05, 0.1) is 29.2 Å². The van der Waals surface area contributed by atoms with Crippen molar-refractivity contribution in [2.24, 2.45) is 0 Å². The molecule has 1 heterocycles. The van der Waals surface area contributed by atoms with Gasteiger partial charge in [-0.05, 0) is 19.1 Å². The summed E-state index contributed by atoms with van der Waals surface area (Å²) in [6, 6.07) is 5.01. The average Bonchev–Trinajstić information content (AvgIpc) is 2.76. The Kier molecular flexibility index (Phi) is 3.08. The lowest BCUT2D eigenvalue weighted by Crippen LogP contribution is -2.13. The molecule has 0 radical (unpaired) electrons. The van der Waals surface area contributed by atoms with E-state index in [2.05, 4.69) is 10.3 Å². The summed E-state index contributed by atoms with van der Waals surface area (Å²) in [5.74, 6) is 0. The third-order valence-corrected chi connectivity index (χ3v) is 2.44. The van der Waals surface area contributed by atoms with Gasteiger partial charge in [-0.2, -0.15) is 13.2 Å². The number of alkyl halides is 3. The Hall–Kier alpha value is -1.89. The molecule has 0 aliphatic carbocycles. The summed E-state index contributed by atoms with van der Waals surface area (Å²) in [5.41, 5.74) is -0.775. The predicted molar refractivity (Wildman–Crippen MR) is 57.0 cm³/mol. The number of hydrogen-bond donors (Lipinski definition) is 1. The molecule has 4 nitrogen and oxygen atoms in total. The highest BCUT2D eigenvalue weighted by Gasteiger charge is 2.34. The maximum absolute atomic E-state index is 12.8. The Labute approximate surface area is 101 Å². The number of para-hydroxylation sites is 1. The van der Waals surface area contributed by atoms with Gasteiger partial charge in [-0.1, -0.05) is 17.3 Å². The molecule has 1 unspecified atom stereocenters. The third kappa shape index (κ3) is 2.21. The second kappa shape index (κ2) is 4.41. The summed E-state index contributed by atoms with van der Waals surface area (Å²) in [4.78, 5) is 0. The van der Waals surface area contributed by atoms with Crippen LogP contribution >= 0.6 is 0 Å². The minimum atomic E-state index is -4.49. The predicted octanol–water partition coefficient (Wildman–Crippen LogP) is 2.34. The van der Waals surface area contributed by atoms with E-state index >= 15 is 0 Å². The number of hydrogen-bond acceptors (Lipinski definition) is 3. The normalized spacial score (nSPS) is 13.6. The first-order valence-electron chi connectivity index (χ1n) is 5.16. The molecule has 1 aromatic heterocycles. The molecular formula is C11H10F3N3O. The van der Waals surface area contributed by atoms with E-state index in [-0.39, 0.29) is 11.4 Å². The van der Waals surface area contributed by atoms with Crippen molar-refractivity contribution in [3.63, 3.8) is 0 Å². The second-order valence-corrected chi connectivity index (χ2v) is 3.76. The van der Waals surface area contributed by atoms with E-state index in [0.29, 0.717) is 0 Å². The molecule has 0 fully saturated rings. The molecule has 96 valence electrons. The van der Waals surface area contributed by atoms with Crippen molar-refractivity contribution >= 4 is 0 Å². The maximum Gasteiger partial charge on any atom is 0.418 e. The zero-order chi connectivity index (χ0) is 13.3. The number of nitrogens with zero attached hydrogens (tertiary/aromatic N) is 3. The third-order valence-electron chi connectivity index (χ3n) is 2.44. The van der Waals surface area contributed by atoms with Crippen LogP contribution in [-0.4, -0.2) is 20.1 Å². The van der Waals surface area contributed by atoms with E-state index in [1.165, 1.54) is 31.3 Å². The van der Waals surface area contributed by atoms with E-state index < -0.39 is 17.8 Å². The standard InChI is InChI=1S/C11H10F3N3O/c1-7(18)10-6-15-16-17(10)9-5-3-2-4-8(9)11(12,13)14/h2-7,18H,1H3. The van der Waals surface area contributed by atoms with Gasteiger partial charge in [0, 0.05) is 0 Å². The molecule has 0 saturated carbocycles. The van der Waals surface area contributed by atoms with Crippen LogP contribution in [0.4, 0.5) is 13.2 Å². The number of aromatic nitrogens is 3. The van der Waals surface area contributed by atoms with Gasteiger partial charge in [-0.25, -0.2) is 4.68 Å². The van der Waals surface area contributed by atoms with Gasteiger partial charge in [0.2, 0.25) is 0 Å². The van der Waals surface area contributed by atoms with E-state index in [1.54, 1.807) is 0 Å². The average molecular weight is 257 g/mol. The quantitative estimate of drug-likeness (QED) is 0.898. The fraction of sp³-hybridized carbons (Fsp3) is 0.273. The molecule has 0 spiro atoms. The molecule has 0 amide bonds. The van der Waals surface area contributed by atoms with Gasteiger partial charge in [-0.3, -0.25) is 0 Å². The summed E-state index contributed by atoms with van der Waals surface area (Å²) in [7, 11) is 0. The largest absolute Gasteiger partial charge is 0.418 e. The van der Waals surface area contributed by atoms with Crippen molar-refractivity contribution in [3.05, 3.63) is 41.7 Å². The van der Waals surface area contributed by atoms with Crippen molar-refractivity contribution in [2.75, 3.05) is 0 Å². The molecule has 7 heteroatoms. The lowest BCUT2D eigenvalue weighted by Gasteiger charge is -2.14. The Balaban J connectivity index is 2.61. The number of halogens is 3. The van der Waals surface area contributed by atoms with Crippen LogP contribution in [0, 0.1) is 0 Å². The van der Waals surface area contributed by atoms with E-state index in [1.807, 2.05) is 0 Å². The Morgan fingerprint density at radius 3 is 2.56 bits per heavy atom. The van der Waals surface area contributed by atoms with Crippen LogP contribution in [-0.2, 0) is 6.18 Å². The van der Waals surface area contributed by atoms with Gasteiger partial charge in [0.15, 0.2) is 0 Å². The summed E-state index contributed by atoms with van der Waals surface area (Å²) in [5, 5.41) is 16.6. The van der Waals surface area contributed by atoms with Gasteiger partial charge in [-0.15, -0.1) is 5.10 Å². The first-order valence-corrected chi connectivity index (χ1v) is 5.16. The lowest BCUT2D eigenvalue weighted by molar-refractivity contribution is -0.137. The zero-order valence-corrected chi connectivity index (χ0v) is 9.39. The molecule has 1 aromatic carbocycles. The first kappa shape index (κ1) is 12.6. The summed E-state index contributed by atoms with van der Waals surface area (Å²) >= 11 is 0. The monoisotopic (exact) mass is 257 g/mol. The van der Waals surface area contributed by atoms with Crippen LogP contribution in [0.15, 0.2) is 30.5 Å². The van der Waals surface area contributed by atoms with E-state index in [0.717, 1.165) is 10.7 Å². The Bertz CT molecular complexity index is 548. The molecule has 1 atom stereocenters. The molecule has 0 aliphatic heterocycles. The fourth-order valence-electron chi connectivity index (χ4n) is 1.61. The minimum absolute atomic E-state index is 0.154. The van der Waals surface area contributed by atoms with Crippen molar-refractivity contribution in [1.82, 2.24) is 15.0 Å². The van der Waals surface area contributed by atoms with Gasteiger partial charge in [0.25, 0.3) is 0 Å². The second-order valence-electron chi connectivity index (χ2n) is 3.76. The molecule has 0 bridgehead atoms. The van der Waals surface area contributed by atoms with Gasteiger partial charge >= 0.3 is 6.18 Å². The Morgan fingerprint density at radius 1 is 1.28 bits per heavy atom. The zero-order valence-electron chi connectivity index (χ0n) is 9.39. The van der Waals surface area contributed by atoms with Crippen LogP contribution in [0.5, 0.6) is 0 Å². The summed E-state index contributed by atoms with van der Waals surface area (Å²) in [6.45, 7) is 1.44. The summed E-state index contributed by atoms with van der Waals surface area (Å²) in [6.07, 6.45) is -4.21. The fourth-order valence-corrected chi connectivity index (χ4v) is 1.61. The van der Waals surface area contributed by atoms with E-state index in [9.17, 15) is 18.3 Å². The number of aliphatic hydroxyl groups excluding tert-OH is 1. The van der Waals surface area contributed by atoms with Crippen LogP contribution in [0.3, 0.4) is 0 Å². The molecule has 1 N–H and O–H groups in total. The highest BCUT2D eigenvalue weighted by atomic mass is 19.4. The smallest absolute Gasteiger partial charge is 0.387 e. The van der Waals surface area contributed by atoms with Gasteiger partial charge < -0.3 is 5.11 Å². The molecule has 0 saturated heterocycles. The Morgan fingerprint density at radius 2 is 1.94 bits per heavy atom. The number of benzene rings is 1.